The number of nitrogens with zero attached hydrogens (tertiary/aromatic N) is 5. The summed E-state index contributed by atoms with van der Waals surface area (Å²) in [4.78, 5) is 29.8. The van der Waals surface area contributed by atoms with Gasteiger partial charge < -0.3 is 5.11 Å². The first-order valence-corrected chi connectivity index (χ1v) is 6.11. The molecule has 2 rings (SSSR count). The van der Waals surface area contributed by atoms with E-state index in [0.29, 0.717) is 0 Å². The molecule has 0 unspecified atom stereocenters. The third kappa shape index (κ3) is 3.44. The fraction of sp³-hybridized carbons (Fsp3) is 0. The molecule has 0 aromatic heterocycles. The third-order valence-electron chi connectivity index (χ3n) is 2.80. The van der Waals surface area contributed by atoms with Crippen LogP contribution in [0, 0.1) is 30.3 Å². The van der Waals surface area contributed by atoms with Crippen molar-refractivity contribution in [1.29, 1.82) is 0 Å². The topological polar surface area (TPSA) is 174 Å². The molecule has 12 heteroatoms. The monoisotopic (exact) mass is 333 g/mol. The lowest BCUT2D eigenvalue weighted by Crippen LogP contribution is -1.92. The van der Waals surface area contributed by atoms with Gasteiger partial charge in [-0.3, -0.25) is 30.3 Å². The number of nitro groups is 3. The third-order valence-corrected chi connectivity index (χ3v) is 2.80. The summed E-state index contributed by atoms with van der Waals surface area (Å²) in [6.45, 7) is 0. The minimum absolute atomic E-state index is 0.0350. The summed E-state index contributed by atoms with van der Waals surface area (Å²) in [5.41, 5.74) is -2.03. The van der Waals surface area contributed by atoms with Crippen molar-refractivity contribution in [2.24, 2.45) is 10.2 Å². The Bertz CT molecular complexity index is 880. The molecule has 2 aromatic rings. The Morgan fingerprint density at radius 2 is 1.46 bits per heavy atom. The lowest BCUT2D eigenvalue weighted by atomic mass is 10.2. The Hall–Kier alpha value is -3.96. The first-order valence-electron chi connectivity index (χ1n) is 6.11. The second-order valence-electron chi connectivity index (χ2n) is 4.32. The number of hydrogen-bond donors (Lipinski definition) is 1. The quantitative estimate of drug-likeness (QED) is 0.494. The normalized spacial score (nSPS) is 10.7. The highest BCUT2D eigenvalue weighted by Gasteiger charge is 2.19. The molecule has 0 radical (unpaired) electrons. The zero-order chi connectivity index (χ0) is 17.9. The van der Waals surface area contributed by atoms with Crippen LogP contribution in [0.5, 0.6) is 5.75 Å². The summed E-state index contributed by atoms with van der Waals surface area (Å²) < 4.78 is 0. The lowest BCUT2D eigenvalue weighted by molar-refractivity contribution is -0.393. The molecule has 0 heterocycles. The van der Waals surface area contributed by atoms with Crippen molar-refractivity contribution >= 4 is 28.4 Å². The van der Waals surface area contributed by atoms with Crippen molar-refractivity contribution < 1.29 is 19.9 Å². The molecule has 122 valence electrons. The molecule has 12 nitrogen and oxygen atoms in total. The average molecular weight is 333 g/mol. The summed E-state index contributed by atoms with van der Waals surface area (Å²) in [6, 6.07) is 5.94. The molecule has 0 amide bonds. The molecule has 0 aliphatic rings. The number of rotatable bonds is 5. The zero-order valence-electron chi connectivity index (χ0n) is 11.6. The van der Waals surface area contributed by atoms with Crippen molar-refractivity contribution in [2.75, 3.05) is 0 Å². The largest absolute Gasteiger partial charge is 0.502 e. The molecule has 0 aliphatic carbocycles. The van der Waals surface area contributed by atoms with E-state index in [1.54, 1.807) is 0 Å². The molecule has 24 heavy (non-hydrogen) atoms. The van der Waals surface area contributed by atoms with Crippen LogP contribution in [0.15, 0.2) is 46.6 Å². The minimum atomic E-state index is -0.860. The highest BCUT2D eigenvalue weighted by Crippen LogP contribution is 2.34. The van der Waals surface area contributed by atoms with E-state index in [1.165, 1.54) is 6.07 Å². The zero-order valence-corrected chi connectivity index (χ0v) is 11.6. The molecule has 0 saturated heterocycles. The molecule has 1 N–H and O–H groups in total. The van der Waals surface area contributed by atoms with Gasteiger partial charge >= 0.3 is 11.4 Å². The molecular formula is C12H7N5O7. The van der Waals surface area contributed by atoms with Gasteiger partial charge in [-0.25, -0.2) is 0 Å². The second-order valence-corrected chi connectivity index (χ2v) is 4.32. The predicted octanol–water partition coefficient (Wildman–Crippen LogP) is 3.53. The summed E-state index contributed by atoms with van der Waals surface area (Å²) in [5.74, 6) is -0.569. The second kappa shape index (κ2) is 6.43. The first-order chi connectivity index (χ1) is 11.3. The van der Waals surface area contributed by atoms with E-state index >= 15 is 0 Å². The van der Waals surface area contributed by atoms with Crippen LogP contribution in [0.4, 0.5) is 28.4 Å². The van der Waals surface area contributed by atoms with E-state index in [1.807, 2.05) is 0 Å². The van der Waals surface area contributed by atoms with E-state index in [4.69, 9.17) is 0 Å². The van der Waals surface area contributed by atoms with Gasteiger partial charge in [0.15, 0.2) is 11.4 Å². The van der Waals surface area contributed by atoms with Gasteiger partial charge in [-0.15, -0.1) is 5.11 Å². The summed E-state index contributed by atoms with van der Waals surface area (Å²) in [7, 11) is 0. The highest BCUT2D eigenvalue weighted by molar-refractivity contribution is 5.62. The van der Waals surface area contributed by atoms with Crippen molar-refractivity contribution in [1.82, 2.24) is 0 Å². The Labute approximate surface area is 132 Å². The smallest absolute Gasteiger partial charge is 0.312 e. The number of aromatic hydroxyl groups is 1. The Morgan fingerprint density at radius 3 is 2.04 bits per heavy atom. The average Bonchev–Trinajstić information content (AvgIpc) is 2.53. The first kappa shape index (κ1) is 16.4. The molecule has 0 fully saturated rings. The van der Waals surface area contributed by atoms with Gasteiger partial charge in [-0.2, -0.15) is 5.11 Å². The van der Waals surface area contributed by atoms with E-state index in [0.717, 1.165) is 30.3 Å². The van der Waals surface area contributed by atoms with E-state index in [2.05, 4.69) is 10.2 Å². The Morgan fingerprint density at radius 1 is 0.792 bits per heavy atom. The standard InChI is InChI=1S/C12H7N5O7/c18-12-4-1-7(5-11(12)17(23)24)13-14-9-3-2-8(15(19)20)6-10(9)16(21)22/h1-6,18H/b14-13+. The van der Waals surface area contributed by atoms with Crippen molar-refractivity contribution in [3.8, 4) is 5.75 Å². The van der Waals surface area contributed by atoms with Crippen LogP contribution >= 0.6 is 0 Å². The molecule has 0 bridgehead atoms. The minimum Gasteiger partial charge on any atom is -0.502 e. The summed E-state index contributed by atoms with van der Waals surface area (Å²) in [6.07, 6.45) is 0. The van der Waals surface area contributed by atoms with Crippen LogP contribution in [0.2, 0.25) is 0 Å². The van der Waals surface area contributed by atoms with Crippen molar-refractivity contribution in [3.63, 3.8) is 0 Å². The van der Waals surface area contributed by atoms with Crippen molar-refractivity contribution in [2.45, 2.75) is 0 Å². The molecule has 0 saturated carbocycles. The van der Waals surface area contributed by atoms with Gasteiger partial charge in [0.05, 0.1) is 26.5 Å². The predicted molar refractivity (Wildman–Crippen MR) is 78.7 cm³/mol. The Kier molecular flexibility index (Phi) is 4.40. The maximum absolute atomic E-state index is 11.0. The van der Waals surface area contributed by atoms with Crippen LogP contribution in [0.3, 0.4) is 0 Å². The number of azo groups is 1. The van der Waals surface area contributed by atoms with Crippen LogP contribution in [0.1, 0.15) is 0 Å². The maximum atomic E-state index is 11.0. The SMILES string of the molecule is O=[N+]([O-])c1ccc(/N=N/c2ccc(O)c([N+](=O)[O-])c2)c([N+](=O)[O-])c1. The highest BCUT2D eigenvalue weighted by atomic mass is 16.6. The van der Waals surface area contributed by atoms with Crippen LogP contribution in [-0.2, 0) is 0 Å². The summed E-state index contributed by atoms with van der Waals surface area (Å²) in [5, 5.41) is 48.8. The molecule has 0 aliphatic heterocycles. The van der Waals surface area contributed by atoms with Crippen LogP contribution < -0.4 is 0 Å². The van der Waals surface area contributed by atoms with Gasteiger partial charge in [-0.05, 0) is 18.2 Å². The summed E-state index contributed by atoms with van der Waals surface area (Å²) >= 11 is 0. The Balaban J connectivity index is 2.42. The number of phenols is 1. The van der Waals surface area contributed by atoms with Gasteiger partial charge in [0.25, 0.3) is 5.69 Å². The van der Waals surface area contributed by atoms with Gasteiger partial charge in [0, 0.05) is 12.1 Å². The lowest BCUT2D eigenvalue weighted by Gasteiger charge is -1.98. The van der Waals surface area contributed by atoms with Crippen LogP contribution in [-0.4, -0.2) is 19.9 Å². The van der Waals surface area contributed by atoms with E-state index in [-0.39, 0.29) is 11.4 Å². The van der Waals surface area contributed by atoms with E-state index < -0.39 is 37.6 Å². The van der Waals surface area contributed by atoms with Gasteiger partial charge in [0.2, 0.25) is 0 Å². The maximum Gasteiger partial charge on any atom is 0.312 e. The van der Waals surface area contributed by atoms with Gasteiger partial charge in [-0.1, -0.05) is 0 Å². The molecule has 0 spiro atoms. The number of phenolic OH excluding ortho intramolecular Hbond substituents is 1. The fourth-order valence-corrected chi connectivity index (χ4v) is 1.69. The number of non-ortho nitro benzene ring substituents is 1. The molecule has 0 atom stereocenters. The fourth-order valence-electron chi connectivity index (χ4n) is 1.69. The van der Waals surface area contributed by atoms with Crippen molar-refractivity contribution in [3.05, 3.63) is 66.7 Å². The number of hydrogen-bond acceptors (Lipinski definition) is 9. The molecule has 2 aromatic carbocycles. The number of benzene rings is 2. The van der Waals surface area contributed by atoms with Crippen LogP contribution in [0.25, 0.3) is 0 Å². The van der Waals surface area contributed by atoms with Gasteiger partial charge in [0.1, 0.15) is 0 Å². The molecular weight excluding hydrogens is 326 g/mol. The van der Waals surface area contributed by atoms with E-state index in [9.17, 15) is 35.4 Å². The number of nitro benzene ring substituents is 3.